The molecule has 2 heteroatoms. The lowest BCUT2D eigenvalue weighted by Gasteiger charge is -2.23. The van der Waals surface area contributed by atoms with Crippen LogP contribution in [0.2, 0.25) is 0 Å². The Morgan fingerprint density at radius 2 is 1.44 bits per heavy atom. The van der Waals surface area contributed by atoms with Crippen molar-refractivity contribution in [1.29, 1.82) is 0 Å². The quantitative estimate of drug-likeness (QED) is 0.533. The molecule has 1 saturated carbocycles. The van der Waals surface area contributed by atoms with E-state index in [1.54, 1.807) is 0 Å². The third-order valence-corrected chi connectivity index (χ3v) is 5.43. The molecule has 0 aromatic rings. The molecule has 0 spiro atoms. The van der Waals surface area contributed by atoms with Crippen LogP contribution in [0.15, 0.2) is 0 Å². The topological polar surface area (TPSA) is 0 Å². The van der Waals surface area contributed by atoms with Gasteiger partial charge in [-0.05, 0) is 12.8 Å². The predicted octanol–water partition coefficient (Wildman–Crippen LogP) is 2.39. The van der Waals surface area contributed by atoms with Crippen LogP contribution in [-0.4, -0.2) is 22.0 Å². The summed E-state index contributed by atoms with van der Waals surface area (Å²) < 4.78 is 0. The maximum absolute atomic E-state index is 2.21. The summed E-state index contributed by atoms with van der Waals surface area (Å²) in [6.07, 6.45) is 4.50. The van der Waals surface area contributed by atoms with Crippen molar-refractivity contribution < 1.29 is 0 Å². The van der Waals surface area contributed by atoms with Crippen LogP contribution in [0.5, 0.6) is 0 Å². The van der Waals surface area contributed by atoms with E-state index in [9.17, 15) is 0 Å². The van der Waals surface area contributed by atoms with E-state index in [0.717, 1.165) is 10.5 Å². The van der Waals surface area contributed by atoms with Gasteiger partial charge in [-0.3, -0.25) is 0 Å². The number of hydrogen-bond donors (Lipinski definition) is 0. The van der Waals surface area contributed by atoms with E-state index in [-0.39, 0.29) is 0 Å². The lowest BCUT2D eigenvalue weighted by atomic mass is 10.4. The monoisotopic (exact) mass is 160 g/mol. The van der Waals surface area contributed by atoms with Gasteiger partial charge in [-0.1, -0.05) is 6.42 Å². The average molecular weight is 160 g/mol. The maximum atomic E-state index is 2.21. The van der Waals surface area contributed by atoms with Crippen LogP contribution in [0.4, 0.5) is 0 Å². The van der Waals surface area contributed by atoms with Gasteiger partial charge in [0.15, 0.2) is 0 Å². The highest BCUT2D eigenvalue weighted by atomic mass is 32.2. The van der Waals surface area contributed by atoms with Crippen LogP contribution in [0, 0.1) is 0 Å². The van der Waals surface area contributed by atoms with Gasteiger partial charge in [-0.25, -0.2) is 0 Å². The number of rotatable bonds is 0. The van der Waals surface area contributed by atoms with Crippen LogP contribution in [0.1, 0.15) is 19.3 Å². The molecule has 2 atom stereocenters. The van der Waals surface area contributed by atoms with E-state index in [2.05, 4.69) is 23.5 Å². The van der Waals surface area contributed by atoms with E-state index in [4.69, 9.17) is 0 Å². The molecule has 52 valence electrons. The molecule has 2 fully saturated rings. The molecule has 1 aliphatic heterocycles. The van der Waals surface area contributed by atoms with Crippen LogP contribution in [-0.2, 0) is 0 Å². The first-order valence-corrected chi connectivity index (χ1v) is 5.80. The first kappa shape index (κ1) is 6.41. The molecule has 2 rings (SSSR count). The average Bonchev–Trinajstić information content (AvgIpc) is 2.33. The van der Waals surface area contributed by atoms with Crippen LogP contribution < -0.4 is 0 Å². The molecule has 1 heterocycles. The van der Waals surface area contributed by atoms with Crippen molar-refractivity contribution >= 4 is 23.5 Å². The Bertz CT molecular complexity index is 91.1. The highest BCUT2D eigenvalue weighted by Gasteiger charge is 2.30. The largest absolute Gasteiger partial charge is 0.157 e. The second-order valence-electron chi connectivity index (χ2n) is 2.75. The third kappa shape index (κ3) is 1.25. The zero-order chi connectivity index (χ0) is 6.10. The Labute approximate surface area is 65.2 Å². The molecule has 1 aliphatic carbocycles. The normalized spacial score (nSPS) is 42.7. The zero-order valence-corrected chi connectivity index (χ0v) is 7.14. The van der Waals surface area contributed by atoms with Crippen molar-refractivity contribution in [3.05, 3.63) is 0 Å². The minimum absolute atomic E-state index is 1.05. The molecule has 2 aliphatic rings. The van der Waals surface area contributed by atoms with E-state index < -0.39 is 0 Å². The molecule has 0 aromatic heterocycles. The highest BCUT2D eigenvalue weighted by Crippen LogP contribution is 2.41. The molecule has 0 N–H and O–H groups in total. The summed E-state index contributed by atoms with van der Waals surface area (Å²) in [5, 5.41) is 2.09. The van der Waals surface area contributed by atoms with Crippen molar-refractivity contribution in [2.75, 3.05) is 11.5 Å². The second-order valence-corrected chi connectivity index (χ2v) is 5.44. The van der Waals surface area contributed by atoms with E-state index >= 15 is 0 Å². The lowest BCUT2D eigenvalue weighted by Crippen LogP contribution is -2.18. The third-order valence-electron chi connectivity index (χ3n) is 2.14. The first-order chi connectivity index (χ1) is 4.47. The second kappa shape index (κ2) is 2.75. The van der Waals surface area contributed by atoms with Crippen LogP contribution in [0.3, 0.4) is 0 Å². The van der Waals surface area contributed by atoms with E-state index in [1.807, 2.05) is 0 Å². The molecule has 0 bridgehead atoms. The van der Waals surface area contributed by atoms with Crippen molar-refractivity contribution in [3.63, 3.8) is 0 Å². The van der Waals surface area contributed by atoms with E-state index in [0.29, 0.717) is 0 Å². The summed E-state index contributed by atoms with van der Waals surface area (Å²) in [5.41, 5.74) is 0. The van der Waals surface area contributed by atoms with Gasteiger partial charge >= 0.3 is 0 Å². The van der Waals surface area contributed by atoms with Gasteiger partial charge in [-0.15, -0.1) is 0 Å². The lowest BCUT2D eigenvalue weighted by molar-refractivity contribution is 0.891. The number of fused-ring (bicyclic) bond motifs is 1. The van der Waals surface area contributed by atoms with Gasteiger partial charge in [0, 0.05) is 22.0 Å². The van der Waals surface area contributed by atoms with Gasteiger partial charge < -0.3 is 0 Å². The van der Waals surface area contributed by atoms with Crippen molar-refractivity contribution in [3.8, 4) is 0 Å². The fourth-order valence-corrected chi connectivity index (χ4v) is 4.89. The van der Waals surface area contributed by atoms with Gasteiger partial charge in [0.25, 0.3) is 0 Å². The molecular formula is C7H12S2. The van der Waals surface area contributed by atoms with E-state index in [1.165, 1.54) is 30.8 Å². The Balaban J connectivity index is 1.97. The first-order valence-electron chi connectivity index (χ1n) is 3.70. The van der Waals surface area contributed by atoms with Gasteiger partial charge in [-0.2, -0.15) is 23.5 Å². The molecule has 9 heavy (non-hydrogen) atoms. The summed E-state index contributed by atoms with van der Waals surface area (Å²) >= 11 is 4.43. The standard InChI is InChI=1S/C7H12S2/c1-2-6-7(3-1)9-5-4-8-6/h6-7H,1-5H2/t6-,7-/m1/s1. The molecule has 1 saturated heterocycles. The van der Waals surface area contributed by atoms with Crippen molar-refractivity contribution in [2.24, 2.45) is 0 Å². The minimum atomic E-state index is 1.05. The molecule has 0 nitrogen and oxygen atoms in total. The minimum Gasteiger partial charge on any atom is -0.157 e. The summed E-state index contributed by atoms with van der Waals surface area (Å²) in [4.78, 5) is 0. The van der Waals surface area contributed by atoms with Crippen LogP contribution >= 0.6 is 23.5 Å². The van der Waals surface area contributed by atoms with Crippen molar-refractivity contribution in [2.45, 2.75) is 29.8 Å². The van der Waals surface area contributed by atoms with Gasteiger partial charge in [0.05, 0.1) is 0 Å². The number of thioether (sulfide) groups is 2. The summed E-state index contributed by atoms with van der Waals surface area (Å²) in [5.74, 6) is 2.82. The van der Waals surface area contributed by atoms with Gasteiger partial charge in [0.2, 0.25) is 0 Å². The molecule has 0 aromatic carbocycles. The Kier molecular flexibility index (Phi) is 1.96. The molecular weight excluding hydrogens is 148 g/mol. The number of hydrogen-bond acceptors (Lipinski definition) is 2. The SMILES string of the molecule is C1C[C@H]2SCCS[C@@H]2C1. The molecule has 0 amide bonds. The Morgan fingerprint density at radius 1 is 0.889 bits per heavy atom. The maximum Gasteiger partial charge on any atom is 0.0166 e. The predicted molar refractivity (Wildman–Crippen MR) is 46.3 cm³/mol. The zero-order valence-electron chi connectivity index (χ0n) is 5.51. The van der Waals surface area contributed by atoms with Crippen molar-refractivity contribution in [1.82, 2.24) is 0 Å². The summed E-state index contributed by atoms with van der Waals surface area (Å²) in [7, 11) is 0. The highest BCUT2D eigenvalue weighted by molar-refractivity contribution is 8.07. The van der Waals surface area contributed by atoms with Crippen LogP contribution in [0.25, 0.3) is 0 Å². The summed E-state index contributed by atoms with van der Waals surface area (Å²) in [6.45, 7) is 0. The Hall–Kier alpha value is 0.700. The summed E-state index contributed by atoms with van der Waals surface area (Å²) in [6, 6.07) is 0. The Morgan fingerprint density at radius 3 is 2.00 bits per heavy atom. The molecule has 0 radical (unpaired) electrons. The molecule has 0 unspecified atom stereocenters. The fraction of sp³-hybridized carbons (Fsp3) is 1.00. The fourth-order valence-electron chi connectivity index (χ4n) is 1.67. The van der Waals surface area contributed by atoms with Gasteiger partial charge in [0.1, 0.15) is 0 Å². The smallest absolute Gasteiger partial charge is 0.0166 e.